The van der Waals surface area contributed by atoms with E-state index in [1.165, 1.54) is 11.3 Å². The first-order valence-corrected chi connectivity index (χ1v) is 8.14. The highest BCUT2D eigenvalue weighted by atomic mass is 35.5. The number of benzene rings is 1. The van der Waals surface area contributed by atoms with E-state index in [9.17, 15) is 4.79 Å². The number of aryl methyl sites for hydroxylation is 1. The molecule has 118 valence electrons. The Balaban J connectivity index is 1.83. The number of halogens is 1. The van der Waals surface area contributed by atoms with Gasteiger partial charge in [0.15, 0.2) is 0 Å². The van der Waals surface area contributed by atoms with Gasteiger partial charge in [-0.15, -0.1) is 11.3 Å². The Morgan fingerprint density at radius 2 is 2.26 bits per heavy atom. The predicted molar refractivity (Wildman–Crippen MR) is 91.6 cm³/mol. The molecular formula is C16H14ClN3O2S. The van der Waals surface area contributed by atoms with Crippen molar-refractivity contribution in [3.05, 3.63) is 57.4 Å². The lowest BCUT2D eigenvalue weighted by atomic mass is 10.1. The standard InChI is InChI=1S/C16H14ClN3O2S/c1-9-5-6-23-14(9)13-12(15(18)22-20-13)16(21)19-8-10-3-2-4-11(17)7-10/h2-7H,8,18H2,1H3,(H,19,21). The first kappa shape index (κ1) is 15.6. The zero-order chi connectivity index (χ0) is 16.4. The maximum absolute atomic E-state index is 12.5. The van der Waals surface area contributed by atoms with Gasteiger partial charge in [-0.2, -0.15) is 0 Å². The number of aromatic nitrogens is 1. The summed E-state index contributed by atoms with van der Waals surface area (Å²) in [4.78, 5) is 13.4. The second kappa shape index (κ2) is 6.44. The van der Waals surface area contributed by atoms with Crippen LogP contribution >= 0.6 is 22.9 Å². The molecule has 0 saturated heterocycles. The molecule has 0 saturated carbocycles. The molecule has 2 aromatic heterocycles. The summed E-state index contributed by atoms with van der Waals surface area (Å²) in [6.45, 7) is 2.29. The fourth-order valence-corrected chi connectivity index (χ4v) is 3.34. The maximum Gasteiger partial charge on any atom is 0.259 e. The second-order valence-electron chi connectivity index (χ2n) is 5.02. The number of rotatable bonds is 4. The predicted octanol–water partition coefficient (Wildman–Crippen LogP) is 3.88. The lowest BCUT2D eigenvalue weighted by Gasteiger charge is -2.06. The summed E-state index contributed by atoms with van der Waals surface area (Å²) in [5, 5.41) is 9.31. The molecule has 3 N–H and O–H groups in total. The first-order chi connectivity index (χ1) is 11.1. The Labute approximate surface area is 142 Å². The molecule has 1 amide bonds. The van der Waals surface area contributed by atoms with Crippen molar-refractivity contribution in [3.63, 3.8) is 0 Å². The van der Waals surface area contributed by atoms with Crippen LogP contribution in [0.3, 0.4) is 0 Å². The number of hydrogen-bond donors (Lipinski definition) is 2. The number of carbonyl (C=O) groups is 1. The minimum Gasteiger partial charge on any atom is -0.367 e. The maximum atomic E-state index is 12.5. The van der Waals surface area contributed by atoms with Gasteiger partial charge in [0.1, 0.15) is 11.3 Å². The van der Waals surface area contributed by atoms with Gasteiger partial charge in [-0.05, 0) is 41.6 Å². The average Bonchev–Trinajstić information content (AvgIpc) is 3.10. The van der Waals surface area contributed by atoms with E-state index >= 15 is 0 Å². The average molecular weight is 348 g/mol. The number of nitrogens with one attached hydrogen (secondary N) is 1. The summed E-state index contributed by atoms with van der Waals surface area (Å²) in [6.07, 6.45) is 0. The molecule has 0 unspecified atom stereocenters. The molecule has 0 radical (unpaired) electrons. The monoisotopic (exact) mass is 347 g/mol. The molecule has 23 heavy (non-hydrogen) atoms. The molecule has 0 spiro atoms. The van der Waals surface area contributed by atoms with Crippen molar-refractivity contribution in [1.29, 1.82) is 0 Å². The van der Waals surface area contributed by atoms with Gasteiger partial charge >= 0.3 is 0 Å². The smallest absolute Gasteiger partial charge is 0.259 e. The van der Waals surface area contributed by atoms with Crippen LogP contribution in [0, 0.1) is 6.92 Å². The lowest BCUT2D eigenvalue weighted by Crippen LogP contribution is -2.23. The summed E-state index contributed by atoms with van der Waals surface area (Å²) in [7, 11) is 0. The van der Waals surface area contributed by atoms with Gasteiger partial charge in [-0.25, -0.2) is 0 Å². The van der Waals surface area contributed by atoms with Gasteiger partial charge in [0, 0.05) is 11.6 Å². The van der Waals surface area contributed by atoms with E-state index in [2.05, 4.69) is 10.5 Å². The molecular weight excluding hydrogens is 334 g/mol. The minimum atomic E-state index is -0.327. The van der Waals surface area contributed by atoms with Crippen molar-refractivity contribution in [2.24, 2.45) is 0 Å². The normalized spacial score (nSPS) is 10.7. The molecule has 0 aliphatic rings. The summed E-state index contributed by atoms with van der Waals surface area (Å²) in [5.41, 5.74) is 8.44. The van der Waals surface area contributed by atoms with Crippen molar-refractivity contribution in [2.45, 2.75) is 13.5 Å². The van der Waals surface area contributed by atoms with Gasteiger partial charge in [0.05, 0.1) is 4.88 Å². The largest absolute Gasteiger partial charge is 0.367 e. The van der Waals surface area contributed by atoms with Crippen molar-refractivity contribution in [2.75, 3.05) is 5.73 Å². The zero-order valence-corrected chi connectivity index (χ0v) is 13.9. The van der Waals surface area contributed by atoms with E-state index in [4.69, 9.17) is 21.9 Å². The Hall–Kier alpha value is -2.31. The van der Waals surface area contributed by atoms with E-state index in [0.717, 1.165) is 16.0 Å². The van der Waals surface area contributed by atoms with Crippen LogP contribution in [0.4, 0.5) is 5.88 Å². The van der Waals surface area contributed by atoms with Crippen molar-refractivity contribution in [3.8, 4) is 10.6 Å². The third-order valence-electron chi connectivity index (χ3n) is 3.36. The molecule has 0 fully saturated rings. The number of nitrogen functional groups attached to an aromatic ring is 1. The van der Waals surface area contributed by atoms with E-state index in [0.29, 0.717) is 17.3 Å². The van der Waals surface area contributed by atoms with Crippen LogP contribution in [-0.4, -0.2) is 11.1 Å². The van der Waals surface area contributed by atoms with E-state index in [1.807, 2.05) is 30.5 Å². The van der Waals surface area contributed by atoms with Crippen molar-refractivity contribution in [1.82, 2.24) is 10.5 Å². The van der Waals surface area contributed by atoms with Crippen LogP contribution < -0.4 is 11.1 Å². The molecule has 0 atom stereocenters. The summed E-state index contributed by atoms with van der Waals surface area (Å²) in [6, 6.07) is 9.25. The van der Waals surface area contributed by atoms with Crippen LogP contribution in [0.1, 0.15) is 21.5 Å². The summed E-state index contributed by atoms with van der Waals surface area (Å²) in [5.74, 6) is -0.317. The number of nitrogens with zero attached hydrogens (tertiary/aromatic N) is 1. The topological polar surface area (TPSA) is 81.2 Å². The fourth-order valence-electron chi connectivity index (χ4n) is 2.21. The molecule has 0 aliphatic heterocycles. The van der Waals surface area contributed by atoms with Gasteiger partial charge < -0.3 is 15.6 Å². The fraction of sp³-hybridized carbons (Fsp3) is 0.125. The van der Waals surface area contributed by atoms with Crippen LogP contribution in [0.15, 0.2) is 40.2 Å². The third-order valence-corrected chi connectivity index (χ3v) is 4.62. The third kappa shape index (κ3) is 3.23. The molecule has 0 bridgehead atoms. The van der Waals surface area contributed by atoms with Crippen molar-refractivity contribution < 1.29 is 9.32 Å². The minimum absolute atomic E-state index is 0.0106. The van der Waals surface area contributed by atoms with Crippen LogP contribution in [0.25, 0.3) is 10.6 Å². The molecule has 3 aromatic rings. The molecule has 2 heterocycles. The first-order valence-electron chi connectivity index (χ1n) is 6.88. The van der Waals surface area contributed by atoms with Crippen LogP contribution in [0.2, 0.25) is 5.02 Å². The Bertz CT molecular complexity index is 857. The van der Waals surface area contributed by atoms with Gasteiger partial charge in [-0.3, -0.25) is 4.79 Å². The quantitative estimate of drug-likeness (QED) is 0.750. The van der Waals surface area contributed by atoms with Crippen LogP contribution in [0.5, 0.6) is 0 Å². The number of carbonyl (C=O) groups excluding carboxylic acids is 1. The van der Waals surface area contributed by atoms with E-state index < -0.39 is 0 Å². The number of hydrogen-bond acceptors (Lipinski definition) is 5. The molecule has 3 rings (SSSR count). The second-order valence-corrected chi connectivity index (χ2v) is 6.37. The Kier molecular flexibility index (Phi) is 4.36. The highest BCUT2D eigenvalue weighted by Crippen LogP contribution is 2.33. The SMILES string of the molecule is Cc1ccsc1-c1noc(N)c1C(=O)NCc1cccc(Cl)c1. The zero-order valence-electron chi connectivity index (χ0n) is 12.3. The van der Waals surface area contributed by atoms with Gasteiger partial charge in [-0.1, -0.05) is 28.9 Å². The van der Waals surface area contributed by atoms with Gasteiger partial charge in [0.25, 0.3) is 5.91 Å². The van der Waals surface area contributed by atoms with E-state index in [-0.39, 0.29) is 17.4 Å². The Morgan fingerprint density at radius 1 is 1.43 bits per heavy atom. The number of nitrogens with two attached hydrogens (primary N) is 1. The van der Waals surface area contributed by atoms with Gasteiger partial charge in [0.2, 0.25) is 5.88 Å². The van der Waals surface area contributed by atoms with Crippen LogP contribution in [-0.2, 0) is 6.54 Å². The summed E-state index contributed by atoms with van der Waals surface area (Å²) < 4.78 is 5.02. The lowest BCUT2D eigenvalue weighted by molar-refractivity contribution is 0.0952. The molecule has 1 aromatic carbocycles. The highest BCUT2D eigenvalue weighted by Gasteiger charge is 2.24. The Morgan fingerprint density at radius 3 is 2.96 bits per heavy atom. The highest BCUT2D eigenvalue weighted by molar-refractivity contribution is 7.13. The molecule has 5 nitrogen and oxygen atoms in total. The summed E-state index contributed by atoms with van der Waals surface area (Å²) >= 11 is 7.43. The molecule has 0 aliphatic carbocycles. The number of anilines is 1. The van der Waals surface area contributed by atoms with E-state index in [1.54, 1.807) is 12.1 Å². The number of amides is 1. The van der Waals surface area contributed by atoms with Crippen molar-refractivity contribution >= 4 is 34.7 Å². The molecule has 7 heteroatoms. The number of thiophene rings is 1.